The minimum absolute atomic E-state index is 0.111. The number of nitrogens with zero attached hydrogens (tertiary/aromatic N) is 2. The minimum Gasteiger partial charge on any atom is -0.326 e. The van der Waals surface area contributed by atoms with Crippen LogP contribution in [0.25, 0.3) is 0 Å². The highest BCUT2D eigenvalue weighted by Gasteiger charge is 2.48. The maximum Gasteiger partial charge on any atom is 0.255 e. The SMILES string of the molecule is NC1CN(Cc2ccc3c(c2)C(=O)N(C2CCC(=O)NC2=O)C3)CC12CCC2. The van der Waals surface area contributed by atoms with E-state index < -0.39 is 6.04 Å². The predicted molar refractivity (Wildman–Crippen MR) is 102 cm³/mol. The van der Waals surface area contributed by atoms with Crippen molar-refractivity contribution in [2.75, 3.05) is 13.1 Å². The lowest BCUT2D eigenvalue weighted by molar-refractivity contribution is -0.136. The Morgan fingerprint density at radius 2 is 2.04 bits per heavy atom. The third-order valence-electron chi connectivity index (χ3n) is 7.13. The molecule has 1 aliphatic carbocycles. The maximum atomic E-state index is 13.0. The molecule has 2 atom stereocenters. The summed E-state index contributed by atoms with van der Waals surface area (Å²) in [4.78, 5) is 40.5. The van der Waals surface area contributed by atoms with Crippen LogP contribution in [0.4, 0.5) is 0 Å². The van der Waals surface area contributed by atoms with Crippen molar-refractivity contribution in [2.24, 2.45) is 11.1 Å². The number of likely N-dealkylation sites (tertiary alicyclic amines) is 1. The highest BCUT2D eigenvalue weighted by Crippen LogP contribution is 2.47. The van der Waals surface area contributed by atoms with Crippen molar-refractivity contribution in [3.05, 3.63) is 34.9 Å². The molecule has 0 radical (unpaired) electrons. The second-order valence-corrected chi connectivity index (χ2v) is 8.88. The van der Waals surface area contributed by atoms with E-state index >= 15 is 0 Å². The molecule has 1 aromatic carbocycles. The van der Waals surface area contributed by atoms with Gasteiger partial charge in [0.1, 0.15) is 6.04 Å². The summed E-state index contributed by atoms with van der Waals surface area (Å²) in [7, 11) is 0. The van der Waals surface area contributed by atoms with Crippen LogP contribution in [0.1, 0.15) is 53.6 Å². The molecule has 1 aromatic rings. The highest BCUT2D eigenvalue weighted by molar-refractivity contribution is 6.05. The molecule has 0 bridgehead atoms. The van der Waals surface area contributed by atoms with Gasteiger partial charge in [-0.15, -0.1) is 0 Å². The molecule has 148 valence electrons. The van der Waals surface area contributed by atoms with Crippen molar-refractivity contribution in [3.63, 3.8) is 0 Å². The van der Waals surface area contributed by atoms with E-state index in [1.807, 2.05) is 12.1 Å². The van der Waals surface area contributed by atoms with Gasteiger partial charge >= 0.3 is 0 Å². The van der Waals surface area contributed by atoms with Crippen molar-refractivity contribution in [1.82, 2.24) is 15.1 Å². The molecule has 7 heteroatoms. The summed E-state index contributed by atoms with van der Waals surface area (Å²) < 4.78 is 0. The van der Waals surface area contributed by atoms with E-state index in [9.17, 15) is 14.4 Å². The molecule has 1 spiro atoms. The van der Waals surface area contributed by atoms with E-state index in [4.69, 9.17) is 5.73 Å². The average Bonchev–Trinajstić information content (AvgIpc) is 3.12. The lowest BCUT2D eigenvalue weighted by Gasteiger charge is -2.41. The Balaban J connectivity index is 1.30. The Hall–Kier alpha value is -2.25. The molecule has 3 heterocycles. The quantitative estimate of drug-likeness (QED) is 0.753. The van der Waals surface area contributed by atoms with Crippen molar-refractivity contribution < 1.29 is 14.4 Å². The second kappa shape index (κ2) is 6.39. The summed E-state index contributed by atoms with van der Waals surface area (Å²) in [5.74, 6) is -0.741. The molecular weight excluding hydrogens is 356 g/mol. The number of nitrogens with two attached hydrogens (primary N) is 1. The Bertz CT molecular complexity index is 863. The lowest BCUT2D eigenvalue weighted by Crippen LogP contribution is -2.52. The smallest absolute Gasteiger partial charge is 0.255 e. The zero-order chi connectivity index (χ0) is 19.5. The average molecular weight is 382 g/mol. The highest BCUT2D eigenvalue weighted by atomic mass is 16.2. The van der Waals surface area contributed by atoms with Gasteiger partial charge in [-0.1, -0.05) is 18.6 Å². The van der Waals surface area contributed by atoms with Crippen LogP contribution in [0.2, 0.25) is 0 Å². The largest absolute Gasteiger partial charge is 0.326 e. The fourth-order valence-electron chi connectivity index (χ4n) is 5.34. The van der Waals surface area contributed by atoms with Gasteiger partial charge < -0.3 is 10.6 Å². The van der Waals surface area contributed by atoms with Crippen molar-refractivity contribution in [2.45, 2.75) is 57.3 Å². The van der Waals surface area contributed by atoms with Crippen LogP contribution in [0, 0.1) is 5.41 Å². The number of fused-ring (bicyclic) bond motifs is 1. The zero-order valence-corrected chi connectivity index (χ0v) is 15.9. The van der Waals surface area contributed by atoms with Crippen molar-refractivity contribution >= 4 is 17.7 Å². The first-order chi connectivity index (χ1) is 13.4. The maximum absolute atomic E-state index is 13.0. The third kappa shape index (κ3) is 2.76. The summed E-state index contributed by atoms with van der Waals surface area (Å²) >= 11 is 0. The number of benzene rings is 1. The van der Waals surface area contributed by atoms with Crippen LogP contribution < -0.4 is 11.1 Å². The third-order valence-corrected chi connectivity index (χ3v) is 7.13. The molecule has 0 aromatic heterocycles. The van der Waals surface area contributed by atoms with E-state index in [1.54, 1.807) is 4.90 Å². The molecule has 3 N–H and O–H groups in total. The molecule has 3 fully saturated rings. The number of carbonyl (C=O) groups excluding carboxylic acids is 3. The Kier molecular flexibility index (Phi) is 4.07. The first-order valence-corrected chi connectivity index (χ1v) is 10.2. The molecule has 7 nitrogen and oxygen atoms in total. The standard InChI is InChI=1S/C21H26N4O3/c22-17-11-24(12-21(17)6-1-7-21)9-13-2-3-14-10-25(20(28)15(14)8-13)16-4-5-18(26)23-19(16)27/h2-3,8,16-17H,1,4-7,9-12,22H2,(H,23,26,27). The van der Waals surface area contributed by atoms with Crippen LogP contribution in [-0.4, -0.2) is 52.7 Å². The van der Waals surface area contributed by atoms with Gasteiger partial charge in [-0.05, 0) is 41.9 Å². The summed E-state index contributed by atoms with van der Waals surface area (Å²) in [6.45, 7) is 3.18. The van der Waals surface area contributed by atoms with E-state index in [0.717, 1.165) is 30.8 Å². The zero-order valence-electron chi connectivity index (χ0n) is 15.9. The molecule has 5 rings (SSSR count). The number of amides is 3. The molecular formula is C21H26N4O3. The van der Waals surface area contributed by atoms with E-state index in [1.165, 1.54) is 19.3 Å². The van der Waals surface area contributed by atoms with Gasteiger partial charge in [0.15, 0.2) is 0 Å². The molecule has 1 saturated carbocycles. The lowest BCUT2D eigenvalue weighted by atomic mass is 9.66. The number of nitrogens with one attached hydrogen (secondary N) is 1. The Labute approximate surface area is 164 Å². The van der Waals surface area contributed by atoms with Gasteiger partial charge in [-0.25, -0.2) is 0 Å². The number of carbonyl (C=O) groups is 3. The summed E-state index contributed by atoms with van der Waals surface area (Å²) in [5.41, 5.74) is 9.45. The number of hydrogen-bond acceptors (Lipinski definition) is 5. The fourth-order valence-corrected chi connectivity index (χ4v) is 5.34. The second-order valence-electron chi connectivity index (χ2n) is 8.88. The minimum atomic E-state index is -0.559. The number of rotatable bonds is 3. The van der Waals surface area contributed by atoms with Gasteiger partial charge in [0.25, 0.3) is 5.91 Å². The van der Waals surface area contributed by atoms with Gasteiger partial charge in [-0.3, -0.25) is 24.6 Å². The summed E-state index contributed by atoms with van der Waals surface area (Å²) in [6, 6.07) is 5.75. The molecule has 4 aliphatic rings. The van der Waals surface area contributed by atoms with Crippen LogP contribution in [0.5, 0.6) is 0 Å². The number of hydrogen-bond donors (Lipinski definition) is 2. The molecule has 2 unspecified atom stereocenters. The topological polar surface area (TPSA) is 95.7 Å². The Morgan fingerprint density at radius 1 is 1.21 bits per heavy atom. The Morgan fingerprint density at radius 3 is 2.71 bits per heavy atom. The number of imide groups is 1. The van der Waals surface area contributed by atoms with E-state index in [2.05, 4.69) is 16.3 Å². The molecule has 2 saturated heterocycles. The van der Waals surface area contributed by atoms with Crippen molar-refractivity contribution in [3.8, 4) is 0 Å². The monoisotopic (exact) mass is 382 g/mol. The van der Waals surface area contributed by atoms with Gasteiger partial charge in [0.2, 0.25) is 11.8 Å². The van der Waals surface area contributed by atoms with E-state index in [-0.39, 0.29) is 30.2 Å². The van der Waals surface area contributed by atoms with Crippen LogP contribution in [0.3, 0.4) is 0 Å². The molecule has 28 heavy (non-hydrogen) atoms. The van der Waals surface area contributed by atoms with E-state index in [0.29, 0.717) is 23.9 Å². The van der Waals surface area contributed by atoms with Gasteiger partial charge in [-0.2, -0.15) is 0 Å². The number of piperidine rings is 1. The first-order valence-electron chi connectivity index (χ1n) is 10.2. The molecule has 3 aliphatic heterocycles. The predicted octanol–water partition coefficient (Wildman–Crippen LogP) is 0.761. The van der Waals surface area contributed by atoms with Crippen LogP contribution in [-0.2, 0) is 22.7 Å². The van der Waals surface area contributed by atoms with Crippen LogP contribution >= 0.6 is 0 Å². The molecule has 3 amide bonds. The summed E-state index contributed by atoms with van der Waals surface area (Å²) in [5, 5.41) is 2.35. The fraction of sp³-hybridized carbons (Fsp3) is 0.571. The van der Waals surface area contributed by atoms with Gasteiger partial charge in [0, 0.05) is 44.2 Å². The normalized spacial score (nSPS) is 29.2. The first kappa shape index (κ1) is 17.8. The van der Waals surface area contributed by atoms with Crippen LogP contribution in [0.15, 0.2) is 18.2 Å². The summed E-state index contributed by atoms with van der Waals surface area (Å²) in [6.07, 6.45) is 4.41. The van der Waals surface area contributed by atoms with Crippen molar-refractivity contribution in [1.29, 1.82) is 0 Å². The van der Waals surface area contributed by atoms with Gasteiger partial charge in [0.05, 0.1) is 0 Å².